The van der Waals surface area contributed by atoms with E-state index in [1.165, 1.54) is 0 Å². The van der Waals surface area contributed by atoms with Gasteiger partial charge in [0.05, 0.1) is 23.6 Å². The number of benzene rings is 3. The number of fused-ring (bicyclic) bond motifs is 1. The van der Waals surface area contributed by atoms with Crippen molar-refractivity contribution in [1.29, 1.82) is 0 Å². The Morgan fingerprint density at radius 2 is 1.57 bits per heavy atom. The number of para-hydroxylation sites is 3. The zero-order valence-electron chi connectivity index (χ0n) is 17.0. The highest BCUT2D eigenvalue weighted by atomic mass is 16.3. The maximum Gasteiger partial charge on any atom is 0.274 e. The first-order valence-corrected chi connectivity index (χ1v) is 10.1. The molecular weight excluding hydrogens is 374 g/mol. The molecule has 0 aliphatic carbocycles. The van der Waals surface area contributed by atoms with E-state index in [1.54, 1.807) is 11.6 Å². The van der Waals surface area contributed by atoms with Crippen LogP contribution in [0, 0.1) is 0 Å². The van der Waals surface area contributed by atoms with Crippen molar-refractivity contribution in [3.63, 3.8) is 0 Å². The molecule has 0 spiro atoms. The van der Waals surface area contributed by atoms with Gasteiger partial charge in [-0.3, -0.25) is 4.79 Å². The van der Waals surface area contributed by atoms with Crippen molar-refractivity contribution < 1.29 is 5.11 Å². The van der Waals surface area contributed by atoms with Gasteiger partial charge in [-0.15, -0.1) is 0 Å². The van der Waals surface area contributed by atoms with E-state index in [-0.39, 0.29) is 18.2 Å². The standard InChI is InChI=1S/C25H25N3O2/c1-27-24-15-9-8-14-21(24)26-22(25(27)30)18-28(20-12-6-3-7-13-20)23(16-17-29)19-10-4-2-5-11-19/h2-15,23,29H,16-18H2,1H3/t23-/m0/s1. The Morgan fingerprint density at radius 3 is 2.27 bits per heavy atom. The monoisotopic (exact) mass is 399 g/mol. The second kappa shape index (κ2) is 8.93. The van der Waals surface area contributed by atoms with E-state index < -0.39 is 0 Å². The van der Waals surface area contributed by atoms with E-state index in [4.69, 9.17) is 4.98 Å². The van der Waals surface area contributed by atoms with E-state index in [0.29, 0.717) is 18.7 Å². The first kappa shape index (κ1) is 19.9. The van der Waals surface area contributed by atoms with Crippen molar-refractivity contribution in [3.05, 3.63) is 107 Å². The Bertz CT molecular complexity index is 1170. The lowest BCUT2D eigenvalue weighted by Gasteiger charge is -2.34. The fourth-order valence-electron chi connectivity index (χ4n) is 3.90. The summed E-state index contributed by atoms with van der Waals surface area (Å²) in [5.74, 6) is 0. The van der Waals surface area contributed by atoms with Crippen LogP contribution in [0.3, 0.4) is 0 Å². The van der Waals surface area contributed by atoms with Crippen molar-refractivity contribution in [1.82, 2.24) is 9.55 Å². The Kier molecular flexibility index (Phi) is 5.91. The largest absolute Gasteiger partial charge is 0.396 e. The van der Waals surface area contributed by atoms with E-state index in [9.17, 15) is 9.90 Å². The van der Waals surface area contributed by atoms with Gasteiger partial charge in [-0.05, 0) is 36.2 Å². The van der Waals surface area contributed by atoms with Crippen LogP contribution >= 0.6 is 0 Å². The molecule has 5 heteroatoms. The molecule has 5 nitrogen and oxygen atoms in total. The number of aliphatic hydroxyl groups excluding tert-OH is 1. The third-order valence-corrected chi connectivity index (χ3v) is 5.42. The van der Waals surface area contributed by atoms with Crippen molar-refractivity contribution in [3.8, 4) is 0 Å². The highest BCUT2D eigenvalue weighted by molar-refractivity contribution is 5.74. The minimum atomic E-state index is -0.106. The van der Waals surface area contributed by atoms with Crippen LogP contribution in [0.15, 0.2) is 89.7 Å². The number of nitrogens with zero attached hydrogens (tertiary/aromatic N) is 3. The van der Waals surface area contributed by atoms with Gasteiger partial charge in [-0.2, -0.15) is 0 Å². The second-order valence-electron chi connectivity index (χ2n) is 7.31. The summed E-state index contributed by atoms with van der Waals surface area (Å²) >= 11 is 0. The lowest BCUT2D eigenvalue weighted by Crippen LogP contribution is -2.34. The molecule has 0 radical (unpaired) electrons. The SMILES string of the molecule is Cn1c(=O)c(CN(c2ccccc2)[C@@H](CCO)c2ccccc2)nc2ccccc21. The van der Waals surface area contributed by atoms with Gasteiger partial charge in [-0.25, -0.2) is 4.98 Å². The summed E-state index contributed by atoms with van der Waals surface area (Å²) in [4.78, 5) is 19.9. The van der Waals surface area contributed by atoms with E-state index in [0.717, 1.165) is 22.3 Å². The number of anilines is 1. The number of aliphatic hydroxyl groups is 1. The maximum absolute atomic E-state index is 13.1. The molecule has 3 aromatic carbocycles. The molecule has 0 bridgehead atoms. The highest BCUT2D eigenvalue weighted by Crippen LogP contribution is 2.31. The van der Waals surface area contributed by atoms with Crippen LogP contribution in [0.25, 0.3) is 11.0 Å². The van der Waals surface area contributed by atoms with Crippen molar-refractivity contribution in [2.24, 2.45) is 7.05 Å². The molecule has 4 aromatic rings. The summed E-state index contributed by atoms with van der Waals surface area (Å²) in [6, 6.07) is 27.7. The Hall–Kier alpha value is -3.44. The summed E-state index contributed by atoms with van der Waals surface area (Å²) in [6.07, 6.45) is 0.548. The lowest BCUT2D eigenvalue weighted by molar-refractivity contribution is 0.272. The van der Waals surface area contributed by atoms with Crippen LogP contribution in [-0.4, -0.2) is 21.3 Å². The van der Waals surface area contributed by atoms with Crippen LogP contribution in [0.2, 0.25) is 0 Å². The average Bonchev–Trinajstić information content (AvgIpc) is 2.80. The van der Waals surface area contributed by atoms with Crippen LogP contribution in [-0.2, 0) is 13.6 Å². The maximum atomic E-state index is 13.1. The Morgan fingerprint density at radius 1 is 0.933 bits per heavy atom. The minimum Gasteiger partial charge on any atom is -0.396 e. The number of aryl methyl sites for hydroxylation is 1. The molecule has 1 atom stereocenters. The molecule has 4 rings (SSSR count). The molecular formula is C25H25N3O2. The first-order valence-electron chi connectivity index (χ1n) is 10.1. The van der Waals surface area contributed by atoms with Crippen LogP contribution in [0.4, 0.5) is 5.69 Å². The third-order valence-electron chi connectivity index (χ3n) is 5.42. The molecule has 1 aromatic heterocycles. The molecule has 152 valence electrons. The zero-order chi connectivity index (χ0) is 20.9. The van der Waals surface area contributed by atoms with Gasteiger partial charge in [0.25, 0.3) is 5.56 Å². The fourth-order valence-corrected chi connectivity index (χ4v) is 3.90. The van der Waals surface area contributed by atoms with Gasteiger partial charge in [0.2, 0.25) is 0 Å². The van der Waals surface area contributed by atoms with Crippen molar-refractivity contribution in [2.75, 3.05) is 11.5 Å². The average molecular weight is 399 g/mol. The number of rotatable bonds is 7. The predicted molar refractivity (Wildman–Crippen MR) is 120 cm³/mol. The topological polar surface area (TPSA) is 58.4 Å². The van der Waals surface area contributed by atoms with Crippen LogP contribution in [0.1, 0.15) is 23.7 Å². The number of hydrogen-bond donors (Lipinski definition) is 1. The molecule has 0 saturated heterocycles. The summed E-state index contributed by atoms with van der Waals surface area (Å²) in [5, 5.41) is 9.79. The summed E-state index contributed by atoms with van der Waals surface area (Å²) in [5.41, 5.74) is 4.06. The van der Waals surface area contributed by atoms with E-state index >= 15 is 0 Å². The summed E-state index contributed by atoms with van der Waals surface area (Å²) in [7, 11) is 1.78. The molecule has 1 N–H and O–H groups in total. The Labute approximate surface area is 175 Å². The van der Waals surface area contributed by atoms with Gasteiger partial charge in [0, 0.05) is 19.3 Å². The molecule has 0 unspecified atom stereocenters. The van der Waals surface area contributed by atoms with E-state index in [1.807, 2.05) is 72.8 Å². The van der Waals surface area contributed by atoms with Gasteiger partial charge < -0.3 is 14.6 Å². The van der Waals surface area contributed by atoms with Gasteiger partial charge in [-0.1, -0.05) is 60.7 Å². The molecule has 1 heterocycles. The van der Waals surface area contributed by atoms with Crippen LogP contribution in [0.5, 0.6) is 0 Å². The molecule has 0 saturated carbocycles. The third kappa shape index (κ3) is 3.98. The van der Waals surface area contributed by atoms with Gasteiger partial charge in [0.1, 0.15) is 5.69 Å². The Balaban J connectivity index is 1.82. The molecule has 0 amide bonds. The number of hydrogen-bond acceptors (Lipinski definition) is 4. The molecule has 0 aliphatic heterocycles. The normalized spacial score (nSPS) is 12.1. The highest BCUT2D eigenvalue weighted by Gasteiger charge is 2.23. The van der Waals surface area contributed by atoms with Crippen molar-refractivity contribution in [2.45, 2.75) is 19.0 Å². The van der Waals surface area contributed by atoms with Crippen molar-refractivity contribution >= 4 is 16.7 Å². The first-order chi connectivity index (χ1) is 14.7. The summed E-state index contributed by atoms with van der Waals surface area (Å²) < 4.78 is 1.66. The number of aromatic nitrogens is 2. The molecule has 30 heavy (non-hydrogen) atoms. The predicted octanol–water partition coefficient (Wildman–Crippen LogP) is 4.06. The smallest absolute Gasteiger partial charge is 0.274 e. The fraction of sp³-hybridized carbons (Fsp3) is 0.200. The second-order valence-corrected chi connectivity index (χ2v) is 7.31. The summed E-state index contributed by atoms with van der Waals surface area (Å²) in [6.45, 7) is 0.396. The molecule has 0 aliphatic rings. The van der Waals surface area contributed by atoms with Crippen LogP contribution < -0.4 is 10.5 Å². The van der Waals surface area contributed by atoms with Gasteiger partial charge in [0.15, 0.2) is 0 Å². The molecule has 0 fully saturated rings. The van der Waals surface area contributed by atoms with E-state index in [2.05, 4.69) is 17.0 Å². The quantitative estimate of drug-likeness (QED) is 0.509. The minimum absolute atomic E-state index is 0.0477. The lowest BCUT2D eigenvalue weighted by atomic mass is 10.0. The zero-order valence-corrected chi connectivity index (χ0v) is 17.0. The van der Waals surface area contributed by atoms with Gasteiger partial charge >= 0.3 is 0 Å².